The van der Waals surface area contributed by atoms with Crippen molar-refractivity contribution in [1.82, 2.24) is 0 Å². The first-order valence-corrected chi connectivity index (χ1v) is 6.13. The van der Waals surface area contributed by atoms with Crippen LogP contribution < -0.4 is 0 Å². The van der Waals surface area contributed by atoms with E-state index in [0.717, 1.165) is 6.08 Å². The van der Waals surface area contributed by atoms with E-state index in [1.807, 2.05) is 13.8 Å². The fourth-order valence-electron chi connectivity index (χ4n) is 2.36. The van der Waals surface area contributed by atoms with Crippen molar-refractivity contribution in [3.05, 3.63) is 35.5 Å². The lowest BCUT2D eigenvalue weighted by molar-refractivity contribution is -0.131. The zero-order valence-corrected chi connectivity index (χ0v) is 11.7. The Morgan fingerprint density at radius 3 is 2.47 bits per heavy atom. The third-order valence-corrected chi connectivity index (χ3v) is 3.57. The Bertz CT molecular complexity index is 494. The van der Waals surface area contributed by atoms with Gasteiger partial charge in [-0.05, 0) is 37.1 Å². The summed E-state index contributed by atoms with van der Waals surface area (Å²) >= 11 is 0. The molecule has 0 saturated carbocycles. The van der Waals surface area contributed by atoms with Crippen LogP contribution in [0, 0.1) is 5.41 Å². The maximum absolute atomic E-state index is 11.6. The van der Waals surface area contributed by atoms with Crippen LogP contribution in [0.15, 0.2) is 35.5 Å². The highest BCUT2D eigenvalue weighted by Gasteiger charge is 2.46. The molecule has 0 aromatic rings. The number of aliphatic hydroxyl groups is 1. The number of carbonyl (C=O) groups excluding carboxylic acids is 1. The molecule has 0 aliphatic heterocycles. The quantitative estimate of drug-likeness (QED) is 0.605. The van der Waals surface area contributed by atoms with E-state index in [2.05, 4.69) is 0 Å². The molecule has 4 nitrogen and oxygen atoms in total. The van der Waals surface area contributed by atoms with Crippen LogP contribution in [0.1, 0.15) is 34.1 Å². The number of carboxylic acid groups (broad SMARTS) is 1. The Balaban J connectivity index is 3.15. The molecule has 0 fully saturated rings. The predicted molar refractivity (Wildman–Crippen MR) is 72.6 cm³/mol. The molecule has 1 aliphatic rings. The average molecular weight is 264 g/mol. The minimum Gasteiger partial charge on any atom is -0.478 e. The van der Waals surface area contributed by atoms with Gasteiger partial charge >= 0.3 is 5.97 Å². The number of allylic oxidation sites excluding steroid dienone is 3. The van der Waals surface area contributed by atoms with Gasteiger partial charge in [-0.15, -0.1) is 0 Å². The summed E-state index contributed by atoms with van der Waals surface area (Å²) in [6.07, 6.45) is 5.92. The molecule has 0 bridgehead atoms. The van der Waals surface area contributed by atoms with Crippen LogP contribution in [0.5, 0.6) is 0 Å². The maximum atomic E-state index is 11.6. The van der Waals surface area contributed by atoms with Crippen molar-refractivity contribution in [2.75, 3.05) is 0 Å². The lowest BCUT2D eigenvalue weighted by Crippen LogP contribution is -2.48. The Morgan fingerprint density at radius 1 is 1.42 bits per heavy atom. The van der Waals surface area contributed by atoms with Gasteiger partial charge in [0.15, 0.2) is 5.78 Å². The number of ketones is 1. The van der Waals surface area contributed by atoms with E-state index in [1.54, 1.807) is 26.0 Å². The number of carboxylic acids is 1. The maximum Gasteiger partial charge on any atom is 0.328 e. The van der Waals surface area contributed by atoms with E-state index in [9.17, 15) is 14.7 Å². The lowest BCUT2D eigenvalue weighted by Gasteiger charge is -2.43. The Hall–Kier alpha value is -1.68. The molecule has 0 heterocycles. The van der Waals surface area contributed by atoms with Crippen LogP contribution >= 0.6 is 0 Å². The second kappa shape index (κ2) is 5.13. The molecule has 0 aromatic carbocycles. The van der Waals surface area contributed by atoms with Crippen molar-refractivity contribution in [2.24, 2.45) is 5.41 Å². The topological polar surface area (TPSA) is 74.6 Å². The highest BCUT2D eigenvalue weighted by atomic mass is 16.4. The van der Waals surface area contributed by atoms with Gasteiger partial charge in [0.05, 0.1) is 0 Å². The summed E-state index contributed by atoms with van der Waals surface area (Å²) in [6.45, 7) is 7.00. The third kappa shape index (κ3) is 3.20. The van der Waals surface area contributed by atoms with Crippen LogP contribution in [0.4, 0.5) is 0 Å². The number of aliphatic carboxylic acids is 1. The van der Waals surface area contributed by atoms with E-state index in [0.29, 0.717) is 11.1 Å². The second-order valence-electron chi connectivity index (χ2n) is 5.68. The highest BCUT2D eigenvalue weighted by Crippen LogP contribution is 2.44. The lowest BCUT2D eigenvalue weighted by atomic mass is 9.64. The summed E-state index contributed by atoms with van der Waals surface area (Å²) in [4.78, 5) is 22.1. The van der Waals surface area contributed by atoms with Gasteiger partial charge in [-0.2, -0.15) is 0 Å². The van der Waals surface area contributed by atoms with E-state index < -0.39 is 17.0 Å². The normalized spacial score (nSPS) is 27.5. The van der Waals surface area contributed by atoms with Crippen molar-refractivity contribution < 1.29 is 19.8 Å². The second-order valence-corrected chi connectivity index (χ2v) is 5.68. The molecule has 0 saturated heterocycles. The number of hydrogen-bond acceptors (Lipinski definition) is 3. The summed E-state index contributed by atoms with van der Waals surface area (Å²) in [7, 11) is 0. The van der Waals surface area contributed by atoms with E-state index in [1.165, 1.54) is 6.08 Å². The first kappa shape index (κ1) is 15.4. The molecular weight excluding hydrogens is 244 g/mol. The van der Waals surface area contributed by atoms with Crippen molar-refractivity contribution in [2.45, 2.75) is 39.7 Å². The summed E-state index contributed by atoms with van der Waals surface area (Å²) < 4.78 is 0. The van der Waals surface area contributed by atoms with Crippen molar-refractivity contribution in [1.29, 1.82) is 0 Å². The zero-order chi connectivity index (χ0) is 14.8. The van der Waals surface area contributed by atoms with Crippen LogP contribution in [0.3, 0.4) is 0 Å². The van der Waals surface area contributed by atoms with Crippen molar-refractivity contribution in [3.8, 4) is 0 Å². The molecule has 0 radical (unpaired) electrons. The summed E-state index contributed by atoms with van der Waals surface area (Å²) in [5, 5.41) is 19.4. The first-order valence-electron chi connectivity index (χ1n) is 6.13. The Labute approximate surface area is 113 Å². The van der Waals surface area contributed by atoms with Gasteiger partial charge in [0.2, 0.25) is 0 Å². The van der Waals surface area contributed by atoms with Gasteiger partial charge in [-0.3, -0.25) is 4.79 Å². The van der Waals surface area contributed by atoms with E-state index in [-0.39, 0.29) is 12.2 Å². The number of carbonyl (C=O) groups is 2. The van der Waals surface area contributed by atoms with Gasteiger partial charge in [-0.25, -0.2) is 4.79 Å². The zero-order valence-electron chi connectivity index (χ0n) is 11.7. The Morgan fingerprint density at radius 2 is 2.00 bits per heavy atom. The molecule has 0 spiro atoms. The molecule has 4 heteroatoms. The van der Waals surface area contributed by atoms with Crippen LogP contribution in [0.25, 0.3) is 0 Å². The first-order chi connectivity index (χ1) is 8.58. The van der Waals surface area contributed by atoms with E-state index in [4.69, 9.17) is 5.11 Å². The minimum atomic E-state index is -1.24. The number of rotatable bonds is 3. The van der Waals surface area contributed by atoms with Crippen molar-refractivity contribution in [3.63, 3.8) is 0 Å². The minimum absolute atomic E-state index is 0.00150. The summed E-state index contributed by atoms with van der Waals surface area (Å²) in [5.74, 6) is -1.03. The van der Waals surface area contributed by atoms with E-state index >= 15 is 0 Å². The van der Waals surface area contributed by atoms with Gasteiger partial charge in [0, 0.05) is 17.9 Å². The van der Waals surface area contributed by atoms with Gasteiger partial charge in [-0.1, -0.05) is 19.9 Å². The fraction of sp³-hybridized carbons (Fsp3) is 0.467. The molecule has 104 valence electrons. The monoisotopic (exact) mass is 264 g/mol. The molecule has 1 aliphatic carbocycles. The van der Waals surface area contributed by atoms with Gasteiger partial charge in [0.25, 0.3) is 0 Å². The molecule has 19 heavy (non-hydrogen) atoms. The summed E-state index contributed by atoms with van der Waals surface area (Å²) in [5.41, 5.74) is -0.758. The van der Waals surface area contributed by atoms with Crippen molar-refractivity contribution >= 4 is 11.8 Å². The molecule has 0 aromatic heterocycles. The smallest absolute Gasteiger partial charge is 0.328 e. The molecule has 1 rings (SSSR count). The molecule has 2 N–H and O–H groups in total. The standard InChI is InChI=1S/C15H20O4/c1-10(7-13(17)18)5-6-15(19)11(2)8-12(16)9-14(15,3)4/h5-8,19H,9H2,1-4H3,(H,17,18)/b6-5+,10-7+. The SMILES string of the molecule is CC1=CC(=O)CC(C)(C)C1(O)/C=C/C(C)=C/C(=O)O. The fourth-order valence-corrected chi connectivity index (χ4v) is 2.36. The van der Waals surface area contributed by atoms with Crippen LogP contribution in [-0.2, 0) is 9.59 Å². The third-order valence-electron chi connectivity index (χ3n) is 3.57. The molecule has 1 atom stereocenters. The number of hydrogen-bond donors (Lipinski definition) is 2. The molecule has 1 unspecified atom stereocenters. The largest absolute Gasteiger partial charge is 0.478 e. The van der Waals surface area contributed by atoms with Gasteiger partial charge in [0.1, 0.15) is 5.60 Å². The molecular formula is C15H20O4. The van der Waals surface area contributed by atoms with Gasteiger partial charge < -0.3 is 10.2 Å². The summed E-state index contributed by atoms with van der Waals surface area (Å²) in [6, 6.07) is 0. The Kier molecular flexibility index (Phi) is 4.15. The predicted octanol–water partition coefficient (Wildman–Crippen LogP) is 2.25. The van der Waals surface area contributed by atoms with Crippen LogP contribution in [0.2, 0.25) is 0 Å². The van der Waals surface area contributed by atoms with Crippen LogP contribution in [-0.4, -0.2) is 27.6 Å². The average Bonchev–Trinajstić information content (AvgIpc) is 2.21. The highest BCUT2D eigenvalue weighted by molar-refractivity contribution is 5.92. The molecule has 0 amide bonds.